The monoisotopic (exact) mass is 529 g/mol. The van der Waals surface area contributed by atoms with E-state index in [0.717, 1.165) is 23.0 Å². The average molecular weight is 530 g/mol. The summed E-state index contributed by atoms with van der Waals surface area (Å²) in [6.45, 7) is 1.59. The van der Waals surface area contributed by atoms with Crippen LogP contribution >= 0.6 is 23.4 Å². The van der Waals surface area contributed by atoms with Gasteiger partial charge in [0.1, 0.15) is 17.3 Å². The lowest BCUT2D eigenvalue weighted by Gasteiger charge is -2.19. The number of halogens is 1. The Hall–Kier alpha value is -3.08. The third-order valence-electron chi connectivity index (χ3n) is 5.61. The van der Waals surface area contributed by atoms with Gasteiger partial charge in [0.05, 0.1) is 28.4 Å². The number of carbonyl (C=O) groups excluding carboxylic acids is 1. The van der Waals surface area contributed by atoms with Crippen molar-refractivity contribution in [1.82, 2.24) is 9.99 Å². The summed E-state index contributed by atoms with van der Waals surface area (Å²) in [6.07, 6.45) is 2.07. The molecule has 2 aromatic heterocycles. The molecule has 0 saturated heterocycles. The molecule has 5 rings (SSSR count). The highest BCUT2D eigenvalue weighted by atomic mass is 35.5. The lowest BCUT2D eigenvalue weighted by molar-refractivity contribution is -0.130. The summed E-state index contributed by atoms with van der Waals surface area (Å²) >= 11 is 7.13. The minimum absolute atomic E-state index is 0.00232. The van der Waals surface area contributed by atoms with Crippen molar-refractivity contribution in [1.29, 1.82) is 0 Å². The Bertz CT molecular complexity index is 1510. The predicted octanol–water partition coefficient (Wildman–Crippen LogP) is 5.34. The van der Waals surface area contributed by atoms with Crippen LogP contribution < -0.4 is 0 Å². The zero-order valence-electron chi connectivity index (χ0n) is 18.5. The fourth-order valence-corrected chi connectivity index (χ4v) is 5.47. The molecular formula is C24H20ClN3O5S2. The lowest BCUT2D eigenvalue weighted by Crippen LogP contribution is -2.28. The standard InChI is InChI=1S/C24H20ClN3O5S2/c1-2-35(30,31)17-9-10-21-19(12-17)26-24(33-21)34-14-23(29)28-20(22-4-3-11-32-22)13-18(27-28)15-5-7-16(25)8-6-15/h3-12,20H,2,13-14H2,1H3/t20-/m0/s1. The molecule has 35 heavy (non-hydrogen) atoms. The van der Waals surface area contributed by atoms with Gasteiger partial charge in [-0.3, -0.25) is 4.79 Å². The van der Waals surface area contributed by atoms with Crippen molar-refractivity contribution < 1.29 is 22.0 Å². The molecule has 1 aliphatic rings. The SMILES string of the molecule is CCS(=O)(=O)c1ccc2oc(SCC(=O)N3N=C(c4ccc(Cl)cc4)C[C@H]3c3ccco3)nc2c1. The average Bonchev–Trinajstić information content (AvgIpc) is 3.61. The van der Waals surface area contributed by atoms with Crippen molar-refractivity contribution in [2.45, 2.75) is 29.5 Å². The molecule has 0 aliphatic carbocycles. The van der Waals surface area contributed by atoms with Crippen LogP contribution in [0.5, 0.6) is 0 Å². The molecule has 2 aromatic carbocycles. The number of hydrogen-bond acceptors (Lipinski definition) is 8. The minimum atomic E-state index is -3.36. The maximum absolute atomic E-state index is 13.2. The van der Waals surface area contributed by atoms with Gasteiger partial charge in [0.2, 0.25) is 0 Å². The number of amides is 1. The van der Waals surface area contributed by atoms with Crippen LogP contribution in [0, 0.1) is 0 Å². The van der Waals surface area contributed by atoms with Crippen molar-refractivity contribution in [3.63, 3.8) is 0 Å². The quantitative estimate of drug-likeness (QED) is 0.297. The second kappa shape index (κ2) is 9.52. The molecule has 0 radical (unpaired) electrons. The van der Waals surface area contributed by atoms with E-state index in [0.29, 0.717) is 28.3 Å². The fraction of sp³-hybridized carbons (Fsp3) is 0.208. The molecule has 0 spiro atoms. The molecule has 11 heteroatoms. The normalized spacial score (nSPS) is 16.1. The van der Waals surface area contributed by atoms with Crippen LogP contribution in [0.25, 0.3) is 11.1 Å². The zero-order chi connectivity index (χ0) is 24.6. The van der Waals surface area contributed by atoms with E-state index in [1.807, 2.05) is 18.2 Å². The summed E-state index contributed by atoms with van der Waals surface area (Å²) in [7, 11) is -3.36. The second-order valence-corrected chi connectivity index (χ2v) is 11.5. The van der Waals surface area contributed by atoms with Gasteiger partial charge < -0.3 is 8.83 Å². The third kappa shape index (κ3) is 4.86. The maximum atomic E-state index is 13.2. The number of hydrazone groups is 1. The van der Waals surface area contributed by atoms with E-state index in [1.54, 1.807) is 37.5 Å². The second-order valence-electron chi connectivity index (χ2n) is 7.83. The molecule has 180 valence electrons. The highest BCUT2D eigenvalue weighted by molar-refractivity contribution is 7.99. The van der Waals surface area contributed by atoms with Crippen molar-refractivity contribution in [3.8, 4) is 0 Å². The Balaban J connectivity index is 1.35. The summed E-state index contributed by atoms with van der Waals surface area (Å²) in [5.41, 5.74) is 2.51. The highest BCUT2D eigenvalue weighted by Gasteiger charge is 2.35. The van der Waals surface area contributed by atoms with Gasteiger partial charge >= 0.3 is 0 Å². The van der Waals surface area contributed by atoms with Crippen LogP contribution in [0.15, 0.2) is 84.9 Å². The number of aromatic nitrogens is 1. The van der Waals surface area contributed by atoms with Gasteiger partial charge in [-0.05, 0) is 48.0 Å². The van der Waals surface area contributed by atoms with Gasteiger partial charge in [-0.1, -0.05) is 42.4 Å². The Labute approximate surface area is 210 Å². The number of oxazole rings is 1. The van der Waals surface area contributed by atoms with Crippen molar-refractivity contribution in [2.24, 2.45) is 5.10 Å². The smallest absolute Gasteiger partial charge is 0.257 e. The number of hydrogen-bond donors (Lipinski definition) is 0. The van der Waals surface area contributed by atoms with Crippen LogP contribution in [0.3, 0.4) is 0 Å². The van der Waals surface area contributed by atoms with Crippen LogP contribution in [-0.2, 0) is 14.6 Å². The number of furan rings is 1. The molecule has 0 bridgehead atoms. The maximum Gasteiger partial charge on any atom is 0.257 e. The van der Waals surface area contributed by atoms with E-state index in [9.17, 15) is 13.2 Å². The van der Waals surface area contributed by atoms with Gasteiger partial charge in [0, 0.05) is 11.4 Å². The molecule has 1 aliphatic heterocycles. The van der Waals surface area contributed by atoms with Crippen molar-refractivity contribution in [2.75, 3.05) is 11.5 Å². The summed E-state index contributed by atoms with van der Waals surface area (Å²) in [6, 6.07) is 15.1. The summed E-state index contributed by atoms with van der Waals surface area (Å²) in [5.74, 6) is 0.429. The summed E-state index contributed by atoms with van der Waals surface area (Å²) in [4.78, 5) is 17.7. The van der Waals surface area contributed by atoms with E-state index in [2.05, 4.69) is 10.1 Å². The third-order valence-corrected chi connectivity index (χ3v) is 8.41. The topological polar surface area (TPSA) is 106 Å². The van der Waals surface area contributed by atoms with Crippen LogP contribution in [0.2, 0.25) is 5.02 Å². The largest absolute Gasteiger partial charge is 0.467 e. The molecule has 1 atom stereocenters. The van der Waals surface area contributed by atoms with E-state index in [-0.39, 0.29) is 33.6 Å². The van der Waals surface area contributed by atoms with Crippen molar-refractivity contribution in [3.05, 3.63) is 77.2 Å². The van der Waals surface area contributed by atoms with Crippen molar-refractivity contribution >= 4 is 55.9 Å². The first-order valence-electron chi connectivity index (χ1n) is 10.8. The highest BCUT2D eigenvalue weighted by Crippen LogP contribution is 2.34. The van der Waals surface area contributed by atoms with Gasteiger partial charge in [-0.25, -0.2) is 18.4 Å². The zero-order valence-corrected chi connectivity index (χ0v) is 20.9. The fourth-order valence-electron chi connectivity index (χ4n) is 3.76. The number of carbonyl (C=O) groups is 1. The van der Waals surface area contributed by atoms with E-state index in [1.165, 1.54) is 17.1 Å². The predicted molar refractivity (Wildman–Crippen MR) is 133 cm³/mol. The van der Waals surface area contributed by atoms with Gasteiger partial charge in [0.15, 0.2) is 15.4 Å². The first-order valence-corrected chi connectivity index (χ1v) is 13.8. The Morgan fingerprint density at radius 2 is 2.00 bits per heavy atom. The molecule has 0 unspecified atom stereocenters. The molecule has 0 fully saturated rings. The summed E-state index contributed by atoms with van der Waals surface area (Å²) in [5, 5.41) is 6.92. The summed E-state index contributed by atoms with van der Waals surface area (Å²) < 4.78 is 35.6. The van der Waals surface area contributed by atoms with E-state index >= 15 is 0 Å². The first-order chi connectivity index (χ1) is 16.8. The Morgan fingerprint density at radius 1 is 1.20 bits per heavy atom. The molecule has 3 heterocycles. The first kappa shape index (κ1) is 23.7. The Kier molecular flexibility index (Phi) is 6.43. The van der Waals surface area contributed by atoms with Gasteiger partial charge in [-0.15, -0.1) is 0 Å². The molecule has 0 N–H and O–H groups in total. The molecule has 4 aromatic rings. The number of thioether (sulfide) groups is 1. The van der Waals surface area contributed by atoms with E-state index in [4.69, 9.17) is 20.4 Å². The lowest BCUT2D eigenvalue weighted by atomic mass is 10.0. The number of rotatable bonds is 7. The van der Waals surface area contributed by atoms with Crippen LogP contribution in [0.1, 0.15) is 30.7 Å². The molecule has 8 nitrogen and oxygen atoms in total. The minimum Gasteiger partial charge on any atom is -0.467 e. The molecular weight excluding hydrogens is 510 g/mol. The molecule has 1 amide bonds. The number of sulfone groups is 1. The Morgan fingerprint density at radius 3 is 2.71 bits per heavy atom. The molecule has 0 saturated carbocycles. The number of fused-ring (bicyclic) bond motifs is 1. The van der Waals surface area contributed by atoms with E-state index < -0.39 is 9.84 Å². The number of benzene rings is 2. The van der Waals surface area contributed by atoms with Gasteiger partial charge in [0.25, 0.3) is 11.1 Å². The van der Waals surface area contributed by atoms with Crippen LogP contribution in [0.4, 0.5) is 0 Å². The van der Waals surface area contributed by atoms with Crippen LogP contribution in [-0.4, -0.2) is 41.5 Å². The van der Waals surface area contributed by atoms with Gasteiger partial charge in [-0.2, -0.15) is 5.10 Å². The number of nitrogens with zero attached hydrogens (tertiary/aromatic N) is 3.